The highest BCUT2D eigenvalue weighted by Gasteiger charge is 2.17. The highest BCUT2D eigenvalue weighted by molar-refractivity contribution is 8.14. The molecule has 0 aliphatic rings. The van der Waals surface area contributed by atoms with E-state index in [0.29, 0.717) is 0 Å². The molecule has 0 aliphatic heterocycles. The molecule has 15 heteroatoms. The van der Waals surface area contributed by atoms with E-state index in [4.69, 9.17) is 27.8 Å². The standard InChI is InChI=1S/C9H20O9P6/c1-13-22(19-10)6-16-4-9(18-8-24(15-3)21-12)5-17-7-23(14-2)20-11/h9H,4-8H2,1-3H3. The van der Waals surface area contributed by atoms with Crippen LogP contribution in [0.1, 0.15) is 0 Å². The van der Waals surface area contributed by atoms with Crippen molar-refractivity contribution in [2.75, 3.05) is 53.6 Å². The fraction of sp³-hybridized carbons (Fsp3) is 1.00. The molecule has 24 heavy (non-hydrogen) atoms. The lowest BCUT2D eigenvalue weighted by Crippen LogP contribution is -2.26. The summed E-state index contributed by atoms with van der Waals surface area (Å²) in [6.07, 6.45) is 0.103. The highest BCUT2D eigenvalue weighted by Crippen LogP contribution is 2.50. The maximum Gasteiger partial charge on any atom is 0.214 e. The van der Waals surface area contributed by atoms with Gasteiger partial charge in [-0.05, 0) is 0 Å². The Labute approximate surface area is 149 Å². The zero-order chi connectivity index (χ0) is 18.2. The van der Waals surface area contributed by atoms with E-state index in [1.165, 1.54) is 21.3 Å². The van der Waals surface area contributed by atoms with E-state index < -0.39 is 29.6 Å². The van der Waals surface area contributed by atoms with Gasteiger partial charge >= 0.3 is 0 Å². The molecule has 0 aromatic carbocycles. The number of rotatable bonds is 17. The van der Waals surface area contributed by atoms with E-state index in [2.05, 4.69) is 0 Å². The van der Waals surface area contributed by atoms with Gasteiger partial charge in [-0.2, -0.15) is 0 Å². The van der Waals surface area contributed by atoms with Crippen LogP contribution in [-0.4, -0.2) is 59.7 Å². The molecule has 0 rings (SSSR count). The van der Waals surface area contributed by atoms with E-state index in [1.54, 1.807) is 0 Å². The van der Waals surface area contributed by atoms with Gasteiger partial charge in [-0.3, -0.25) is 13.7 Å². The van der Waals surface area contributed by atoms with Gasteiger partial charge in [-0.1, -0.05) is 0 Å². The van der Waals surface area contributed by atoms with Crippen LogP contribution in [0.3, 0.4) is 0 Å². The van der Waals surface area contributed by atoms with Gasteiger partial charge < -0.3 is 27.8 Å². The largest absolute Gasteiger partial charge is 0.371 e. The van der Waals surface area contributed by atoms with E-state index in [1.807, 2.05) is 0 Å². The first kappa shape index (κ1) is 25.4. The van der Waals surface area contributed by atoms with E-state index in [0.717, 1.165) is 0 Å². The summed E-state index contributed by atoms with van der Waals surface area (Å²) >= 11 is 0. The van der Waals surface area contributed by atoms with Crippen molar-refractivity contribution in [3.05, 3.63) is 0 Å². The first-order chi connectivity index (χ1) is 11.6. The van der Waals surface area contributed by atoms with Gasteiger partial charge in [0.15, 0.2) is 23.5 Å². The molecule has 0 N–H and O–H groups in total. The van der Waals surface area contributed by atoms with Crippen molar-refractivity contribution >= 4 is 48.0 Å². The smallest absolute Gasteiger partial charge is 0.214 e. The Kier molecular flexibility index (Phi) is 18.7. The summed E-state index contributed by atoms with van der Waals surface area (Å²) in [4.78, 5) is 0. The molecule has 0 saturated heterocycles. The first-order valence-corrected chi connectivity index (χ1v) is 15.3. The van der Waals surface area contributed by atoms with Crippen molar-refractivity contribution in [3.63, 3.8) is 0 Å². The van der Waals surface area contributed by atoms with Gasteiger partial charge in [0.1, 0.15) is 25.1 Å². The minimum atomic E-state index is -1.22. The first-order valence-electron chi connectivity index (χ1n) is 6.36. The Morgan fingerprint density at radius 3 is 1.42 bits per heavy atom. The fourth-order valence-electron chi connectivity index (χ4n) is 1.17. The third-order valence-corrected chi connectivity index (χ3v) is 9.47. The Bertz CT molecular complexity index is 329. The van der Waals surface area contributed by atoms with Crippen molar-refractivity contribution in [2.24, 2.45) is 0 Å². The SMILES string of the molecule is COP(COCC(COCP(OC)P=O)OCP(OC)P=O)P=O. The molecular formula is C9H20O9P6. The van der Waals surface area contributed by atoms with Crippen LogP contribution in [0.4, 0.5) is 0 Å². The molecule has 140 valence electrons. The number of hydrogen-bond donors (Lipinski definition) is 0. The van der Waals surface area contributed by atoms with Crippen LogP contribution in [0.25, 0.3) is 0 Å². The molecule has 0 amide bonds. The van der Waals surface area contributed by atoms with Gasteiger partial charge in [-0.25, -0.2) is 0 Å². The molecule has 9 nitrogen and oxygen atoms in total. The fourth-order valence-corrected chi connectivity index (χ4v) is 4.40. The summed E-state index contributed by atoms with van der Waals surface area (Å²) in [6, 6.07) is 0. The lowest BCUT2D eigenvalue weighted by atomic mass is 10.4. The van der Waals surface area contributed by atoms with Crippen LogP contribution in [0, 0.1) is 0 Å². The molecular weight excluding hydrogens is 438 g/mol. The molecule has 0 heterocycles. The second-order valence-corrected chi connectivity index (χ2v) is 13.7. The van der Waals surface area contributed by atoms with Crippen LogP contribution in [-0.2, 0) is 41.5 Å². The van der Waals surface area contributed by atoms with Crippen LogP contribution in [0.5, 0.6) is 0 Å². The van der Waals surface area contributed by atoms with E-state index in [9.17, 15) is 13.7 Å². The van der Waals surface area contributed by atoms with Crippen molar-refractivity contribution < 1.29 is 41.5 Å². The third-order valence-electron chi connectivity index (χ3n) is 2.34. The summed E-state index contributed by atoms with van der Waals surface area (Å²) < 4.78 is 63.9. The Morgan fingerprint density at radius 1 is 0.708 bits per heavy atom. The van der Waals surface area contributed by atoms with Gasteiger partial charge in [0.25, 0.3) is 0 Å². The molecule has 3 unspecified atom stereocenters. The van der Waals surface area contributed by atoms with E-state index in [-0.39, 0.29) is 56.7 Å². The Balaban J connectivity index is 4.33. The van der Waals surface area contributed by atoms with Crippen LogP contribution in [0.2, 0.25) is 0 Å². The number of hydrogen-bond acceptors (Lipinski definition) is 9. The lowest BCUT2D eigenvalue weighted by molar-refractivity contribution is -0.0328. The molecule has 0 spiro atoms. The molecule has 0 aromatic rings. The van der Waals surface area contributed by atoms with E-state index >= 15 is 0 Å². The molecule has 0 fully saturated rings. The second-order valence-electron chi connectivity index (χ2n) is 3.77. The Hall–Kier alpha value is 1.35. The maximum atomic E-state index is 10.9. The van der Waals surface area contributed by atoms with Crippen LogP contribution < -0.4 is 0 Å². The maximum absolute atomic E-state index is 10.9. The zero-order valence-electron chi connectivity index (χ0n) is 13.5. The normalized spacial score (nSPS) is 17.1. The van der Waals surface area contributed by atoms with Crippen molar-refractivity contribution in [3.8, 4) is 0 Å². The van der Waals surface area contributed by atoms with Gasteiger partial charge in [0.05, 0.1) is 13.2 Å². The predicted octanol–water partition coefficient (Wildman–Crippen LogP) is 5.03. The average Bonchev–Trinajstić information content (AvgIpc) is 2.62. The van der Waals surface area contributed by atoms with Gasteiger partial charge in [-0.15, -0.1) is 0 Å². The topological polar surface area (TPSA) is 107 Å². The number of ether oxygens (including phenoxy) is 3. The molecule has 0 radical (unpaired) electrons. The molecule has 0 bridgehead atoms. The third kappa shape index (κ3) is 12.7. The lowest BCUT2D eigenvalue weighted by Gasteiger charge is -2.20. The molecule has 3 atom stereocenters. The molecule has 0 aromatic heterocycles. The molecule has 0 saturated carbocycles. The second kappa shape index (κ2) is 17.7. The minimum absolute atomic E-state index is 0.103. The van der Waals surface area contributed by atoms with Crippen molar-refractivity contribution in [2.45, 2.75) is 6.10 Å². The minimum Gasteiger partial charge on any atom is -0.371 e. The van der Waals surface area contributed by atoms with Gasteiger partial charge in [0, 0.05) is 21.3 Å². The van der Waals surface area contributed by atoms with Crippen molar-refractivity contribution in [1.29, 1.82) is 0 Å². The quantitative estimate of drug-likeness (QED) is 0.278. The summed E-state index contributed by atoms with van der Waals surface area (Å²) in [5.41, 5.74) is 0. The highest BCUT2D eigenvalue weighted by atomic mass is 32.1. The summed E-state index contributed by atoms with van der Waals surface area (Å²) in [6.45, 7) is 0.362. The van der Waals surface area contributed by atoms with Gasteiger partial charge in [0.2, 0.25) is 24.4 Å². The average molecular weight is 458 g/mol. The van der Waals surface area contributed by atoms with Crippen LogP contribution >= 0.6 is 48.0 Å². The summed E-state index contributed by atoms with van der Waals surface area (Å²) in [7, 11) is 0.493. The Morgan fingerprint density at radius 2 is 1.08 bits per heavy atom. The molecule has 0 aliphatic carbocycles. The van der Waals surface area contributed by atoms with Crippen molar-refractivity contribution in [1.82, 2.24) is 0 Å². The summed E-state index contributed by atoms with van der Waals surface area (Å²) in [5.74, 6) is 0. The zero-order valence-corrected chi connectivity index (χ0v) is 18.8. The summed E-state index contributed by atoms with van der Waals surface area (Å²) in [5, 5.41) is 0. The predicted molar refractivity (Wildman–Crippen MR) is 96.0 cm³/mol. The monoisotopic (exact) mass is 458 g/mol. The van der Waals surface area contributed by atoms with Crippen LogP contribution in [0.15, 0.2) is 0 Å².